The molecule has 1 unspecified atom stereocenters. The Morgan fingerprint density at radius 3 is 2.59 bits per heavy atom. The first-order valence-corrected chi connectivity index (χ1v) is 5.78. The third-order valence-corrected chi connectivity index (χ3v) is 3.20. The molecule has 1 atom stereocenters. The van der Waals surface area contributed by atoms with E-state index in [0.29, 0.717) is 11.3 Å². The first-order valence-electron chi connectivity index (χ1n) is 4.83. The smallest absolute Gasteiger partial charge is 0.417 e. The molecule has 0 saturated carbocycles. The second-order valence-electron chi connectivity index (χ2n) is 3.71. The first-order chi connectivity index (χ1) is 7.89. The lowest BCUT2D eigenvalue weighted by Gasteiger charge is -2.13. The fraction of sp³-hybridized carbons (Fsp3) is 0.273. The minimum atomic E-state index is -4.37. The van der Waals surface area contributed by atoms with E-state index in [4.69, 9.17) is 10.2 Å². The fourth-order valence-corrected chi connectivity index (χ4v) is 2.48. The van der Waals surface area contributed by atoms with Crippen LogP contribution in [-0.4, -0.2) is 0 Å². The first kappa shape index (κ1) is 12.2. The largest absolute Gasteiger partial charge is 0.469 e. The van der Waals surface area contributed by atoms with Gasteiger partial charge >= 0.3 is 6.18 Å². The highest BCUT2D eigenvalue weighted by Crippen LogP contribution is 2.38. The van der Waals surface area contributed by atoms with Crippen molar-refractivity contribution < 1.29 is 17.6 Å². The predicted octanol–water partition coefficient (Wildman–Crippen LogP) is 3.72. The van der Waals surface area contributed by atoms with Crippen LogP contribution in [0.1, 0.15) is 28.5 Å². The molecule has 0 radical (unpaired) electrons. The maximum absolute atomic E-state index is 12.7. The number of halogens is 3. The van der Waals surface area contributed by atoms with Gasteiger partial charge in [-0.1, -0.05) is 0 Å². The molecule has 2 heterocycles. The van der Waals surface area contributed by atoms with Crippen molar-refractivity contribution in [3.05, 3.63) is 45.5 Å². The lowest BCUT2D eigenvalue weighted by molar-refractivity contribution is -0.138. The van der Waals surface area contributed by atoms with Crippen LogP contribution in [0, 0.1) is 6.92 Å². The number of hydrogen-bond donors (Lipinski definition) is 1. The lowest BCUT2D eigenvalue weighted by Crippen LogP contribution is -2.16. The van der Waals surface area contributed by atoms with Gasteiger partial charge in [-0.15, -0.1) is 0 Å². The van der Waals surface area contributed by atoms with Gasteiger partial charge in [0, 0.05) is 10.9 Å². The van der Waals surface area contributed by atoms with E-state index in [1.807, 2.05) is 0 Å². The Bertz CT molecular complexity index is 515. The van der Waals surface area contributed by atoms with Gasteiger partial charge in [0.15, 0.2) is 0 Å². The van der Waals surface area contributed by atoms with Crippen molar-refractivity contribution in [2.45, 2.75) is 19.1 Å². The summed E-state index contributed by atoms with van der Waals surface area (Å²) in [7, 11) is 0. The third-order valence-electron chi connectivity index (χ3n) is 2.44. The average Bonchev–Trinajstić information content (AvgIpc) is 2.83. The van der Waals surface area contributed by atoms with E-state index in [1.165, 1.54) is 11.6 Å². The molecule has 0 amide bonds. The molecule has 0 bridgehead atoms. The number of hydrogen-bond acceptors (Lipinski definition) is 3. The van der Waals surface area contributed by atoms with Gasteiger partial charge in [0.05, 0.1) is 17.9 Å². The van der Waals surface area contributed by atoms with Crippen molar-refractivity contribution in [3.8, 4) is 0 Å². The van der Waals surface area contributed by atoms with Gasteiger partial charge in [-0.05, 0) is 23.9 Å². The number of thiophene rings is 1. The van der Waals surface area contributed by atoms with Crippen molar-refractivity contribution in [2.75, 3.05) is 0 Å². The molecule has 0 aromatic carbocycles. The number of aryl methyl sites for hydroxylation is 1. The van der Waals surface area contributed by atoms with Crippen LogP contribution in [-0.2, 0) is 6.18 Å². The van der Waals surface area contributed by atoms with E-state index >= 15 is 0 Å². The van der Waals surface area contributed by atoms with Crippen LogP contribution in [0.3, 0.4) is 0 Å². The zero-order chi connectivity index (χ0) is 12.6. The zero-order valence-corrected chi connectivity index (χ0v) is 9.73. The van der Waals surface area contributed by atoms with Gasteiger partial charge < -0.3 is 10.2 Å². The highest BCUT2D eigenvalue weighted by atomic mass is 32.1. The van der Waals surface area contributed by atoms with Crippen LogP contribution in [0.15, 0.2) is 27.5 Å². The fourth-order valence-electron chi connectivity index (χ4n) is 1.58. The SMILES string of the molecule is Cc1cc(C(N)c2cscc2C(F)(F)F)co1. The van der Waals surface area contributed by atoms with Crippen LogP contribution in [0.5, 0.6) is 0 Å². The number of furan rings is 1. The molecule has 2 aromatic heterocycles. The van der Waals surface area contributed by atoms with Crippen molar-refractivity contribution in [3.63, 3.8) is 0 Å². The molecule has 0 spiro atoms. The molecule has 17 heavy (non-hydrogen) atoms. The van der Waals surface area contributed by atoms with Crippen LogP contribution in [0.2, 0.25) is 0 Å². The van der Waals surface area contributed by atoms with Gasteiger partial charge in [-0.3, -0.25) is 0 Å². The topological polar surface area (TPSA) is 39.2 Å². The maximum atomic E-state index is 12.7. The summed E-state index contributed by atoms with van der Waals surface area (Å²) in [4.78, 5) is 0. The molecule has 2 rings (SSSR count). The molecule has 6 heteroatoms. The van der Waals surface area contributed by atoms with Gasteiger partial charge in [0.2, 0.25) is 0 Å². The monoisotopic (exact) mass is 261 g/mol. The summed E-state index contributed by atoms with van der Waals surface area (Å²) in [5, 5.41) is 2.50. The van der Waals surface area contributed by atoms with Crippen molar-refractivity contribution >= 4 is 11.3 Å². The number of alkyl halides is 3. The summed E-state index contributed by atoms with van der Waals surface area (Å²) in [5.74, 6) is 0.624. The van der Waals surface area contributed by atoms with Gasteiger partial charge in [-0.2, -0.15) is 24.5 Å². The van der Waals surface area contributed by atoms with Crippen molar-refractivity contribution in [1.29, 1.82) is 0 Å². The summed E-state index contributed by atoms with van der Waals surface area (Å²) in [5.41, 5.74) is 5.78. The van der Waals surface area contributed by atoms with E-state index in [2.05, 4.69) is 0 Å². The summed E-state index contributed by atoms with van der Waals surface area (Å²) in [6.45, 7) is 1.72. The molecule has 0 saturated heterocycles. The van der Waals surface area contributed by atoms with Gasteiger partial charge in [-0.25, -0.2) is 0 Å². The molecule has 2 aromatic rings. The Balaban J connectivity index is 2.38. The van der Waals surface area contributed by atoms with Crippen molar-refractivity contribution in [2.24, 2.45) is 5.73 Å². The van der Waals surface area contributed by atoms with E-state index in [0.717, 1.165) is 16.7 Å². The summed E-state index contributed by atoms with van der Waals surface area (Å²) in [6, 6.07) is 0.831. The van der Waals surface area contributed by atoms with Crippen LogP contribution < -0.4 is 5.73 Å². The Morgan fingerprint density at radius 2 is 2.06 bits per heavy atom. The minimum absolute atomic E-state index is 0.0864. The van der Waals surface area contributed by atoms with Crippen LogP contribution >= 0.6 is 11.3 Å². The highest BCUT2D eigenvalue weighted by Gasteiger charge is 2.35. The molecular weight excluding hydrogens is 251 g/mol. The van der Waals surface area contributed by atoms with E-state index in [-0.39, 0.29) is 5.56 Å². The van der Waals surface area contributed by atoms with Crippen LogP contribution in [0.4, 0.5) is 13.2 Å². The predicted molar refractivity (Wildman–Crippen MR) is 58.8 cm³/mol. The minimum Gasteiger partial charge on any atom is -0.469 e. The molecule has 0 fully saturated rings. The van der Waals surface area contributed by atoms with E-state index in [9.17, 15) is 13.2 Å². The lowest BCUT2D eigenvalue weighted by atomic mass is 10.0. The summed E-state index contributed by atoms with van der Waals surface area (Å²) < 4.78 is 43.1. The highest BCUT2D eigenvalue weighted by molar-refractivity contribution is 7.08. The second kappa shape index (κ2) is 4.19. The second-order valence-corrected chi connectivity index (χ2v) is 4.45. The molecule has 0 aliphatic heterocycles. The van der Waals surface area contributed by atoms with Crippen LogP contribution in [0.25, 0.3) is 0 Å². The molecule has 92 valence electrons. The van der Waals surface area contributed by atoms with E-state index in [1.54, 1.807) is 13.0 Å². The normalized spacial score (nSPS) is 13.9. The Labute approximate surface area is 99.9 Å². The third kappa shape index (κ3) is 2.37. The molecule has 2 nitrogen and oxygen atoms in total. The quantitative estimate of drug-likeness (QED) is 0.894. The zero-order valence-electron chi connectivity index (χ0n) is 8.91. The van der Waals surface area contributed by atoms with E-state index < -0.39 is 17.8 Å². The molecule has 0 aliphatic rings. The van der Waals surface area contributed by atoms with Crippen molar-refractivity contribution in [1.82, 2.24) is 0 Å². The maximum Gasteiger partial charge on any atom is 0.417 e. The van der Waals surface area contributed by atoms with Gasteiger partial charge in [0.1, 0.15) is 5.76 Å². The Morgan fingerprint density at radius 1 is 1.35 bits per heavy atom. The van der Waals surface area contributed by atoms with Gasteiger partial charge in [0.25, 0.3) is 0 Å². The summed E-state index contributed by atoms with van der Waals surface area (Å²) >= 11 is 0.992. The average molecular weight is 261 g/mol. The standard InChI is InChI=1S/C11H10F3NOS/c1-6-2-7(3-16-6)10(15)8-4-17-5-9(8)11(12,13)14/h2-5,10H,15H2,1H3. The molecular formula is C11H10F3NOS. The number of nitrogens with two attached hydrogens (primary N) is 1. The Kier molecular flexibility index (Phi) is 3.01. The molecule has 0 aliphatic carbocycles. The number of rotatable bonds is 2. The Hall–Kier alpha value is -1.27. The summed E-state index contributed by atoms with van der Waals surface area (Å²) in [6.07, 6.45) is -2.98. The molecule has 2 N–H and O–H groups in total.